The highest BCUT2D eigenvalue weighted by Gasteiger charge is 2.19. The van der Waals surface area contributed by atoms with Gasteiger partial charge in [0.1, 0.15) is 0 Å². The predicted molar refractivity (Wildman–Crippen MR) is 79.8 cm³/mol. The largest absolute Gasteiger partial charge is 0.481 e. The van der Waals surface area contributed by atoms with E-state index in [1.165, 1.54) is 30.2 Å². The molecule has 1 aromatic heterocycles. The van der Waals surface area contributed by atoms with E-state index in [1.54, 1.807) is 6.92 Å². The maximum atomic E-state index is 11.0. The Bertz CT molecular complexity index is 625. The van der Waals surface area contributed by atoms with E-state index in [4.69, 9.17) is 5.11 Å². The molecule has 3 nitrogen and oxygen atoms in total. The molecule has 2 aromatic rings. The summed E-state index contributed by atoms with van der Waals surface area (Å²) in [5.41, 5.74) is 2.39. The van der Waals surface area contributed by atoms with Gasteiger partial charge in [-0.2, -0.15) is 0 Å². The van der Waals surface area contributed by atoms with E-state index >= 15 is 0 Å². The van der Waals surface area contributed by atoms with E-state index in [0.29, 0.717) is 6.42 Å². The highest BCUT2D eigenvalue weighted by atomic mass is 16.4. The number of nitrogens with zero attached hydrogens (tertiary/aromatic N) is 1. The molecule has 1 saturated carbocycles. The summed E-state index contributed by atoms with van der Waals surface area (Å²) in [4.78, 5) is 11.0. The summed E-state index contributed by atoms with van der Waals surface area (Å²) < 4.78 is 2.33. The molecule has 1 heterocycles. The van der Waals surface area contributed by atoms with Crippen molar-refractivity contribution >= 4 is 16.9 Å². The number of rotatable bonds is 5. The second kappa shape index (κ2) is 5.31. The van der Waals surface area contributed by atoms with Crippen LogP contribution in [0, 0.1) is 11.8 Å². The fraction of sp³-hybridized carbons (Fsp3) is 0.471. The highest BCUT2D eigenvalue weighted by Crippen LogP contribution is 2.30. The Kier molecular flexibility index (Phi) is 3.51. The molecule has 0 bridgehead atoms. The van der Waals surface area contributed by atoms with Crippen LogP contribution in [0.15, 0.2) is 30.5 Å². The summed E-state index contributed by atoms with van der Waals surface area (Å²) in [7, 11) is 0. The molecule has 1 fully saturated rings. The van der Waals surface area contributed by atoms with Crippen molar-refractivity contribution < 1.29 is 9.90 Å². The van der Waals surface area contributed by atoms with Crippen LogP contribution < -0.4 is 0 Å². The van der Waals surface area contributed by atoms with Gasteiger partial charge < -0.3 is 9.67 Å². The standard InChI is InChI=1S/C17H21NO2/c1-12(17(19)20)10-14-6-3-7-16-15(14)8-9-18(16)11-13-4-2-5-13/h3,6-9,12-13H,2,4-5,10-11H2,1H3,(H,19,20). The molecular weight excluding hydrogens is 250 g/mol. The summed E-state index contributed by atoms with van der Waals surface area (Å²) in [5, 5.41) is 10.3. The molecule has 1 unspecified atom stereocenters. The van der Waals surface area contributed by atoms with E-state index in [-0.39, 0.29) is 5.92 Å². The maximum absolute atomic E-state index is 11.0. The number of fused-ring (bicyclic) bond motifs is 1. The molecular formula is C17H21NO2. The van der Waals surface area contributed by atoms with Crippen molar-refractivity contribution in [2.45, 2.75) is 39.2 Å². The number of benzene rings is 1. The van der Waals surface area contributed by atoms with Crippen molar-refractivity contribution in [1.82, 2.24) is 4.57 Å². The lowest BCUT2D eigenvalue weighted by atomic mass is 9.85. The van der Waals surface area contributed by atoms with Gasteiger partial charge in [0.05, 0.1) is 5.92 Å². The minimum absolute atomic E-state index is 0.337. The highest BCUT2D eigenvalue weighted by molar-refractivity contribution is 5.84. The Hall–Kier alpha value is -1.77. The smallest absolute Gasteiger partial charge is 0.306 e. The van der Waals surface area contributed by atoms with Gasteiger partial charge >= 0.3 is 5.97 Å². The van der Waals surface area contributed by atoms with Gasteiger partial charge in [-0.1, -0.05) is 25.5 Å². The van der Waals surface area contributed by atoms with Gasteiger partial charge in [0.2, 0.25) is 0 Å². The van der Waals surface area contributed by atoms with Gasteiger partial charge in [0.25, 0.3) is 0 Å². The summed E-state index contributed by atoms with van der Waals surface area (Å²) in [6, 6.07) is 8.37. The molecule has 20 heavy (non-hydrogen) atoms. The van der Waals surface area contributed by atoms with Crippen LogP contribution in [0.3, 0.4) is 0 Å². The van der Waals surface area contributed by atoms with E-state index in [0.717, 1.165) is 18.0 Å². The van der Waals surface area contributed by atoms with Crippen LogP contribution in [0.5, 0.6) is 0 Å². The quantitative estimate of drug-likeness (QED) is 0.900. The number of hydrogen-bond acceptors (Lipinski definition) is 1. The van der Waals surface area contributed by atoms with Crippen LogP contribution in [-0.4, -0.2) is 15.6 Å². The fourth-order valence-corrected chi connectivity index (χ4v) is 3.00. The number of carboxylic acid groups (broad SMARTS) is 1. The zero-order chi connectivity index (χ0) is 14.1. The zero-order valence-electron chi connectivity index (χ0n) is 11.9. The molecule has 1 aliphatic carbocycles. The van der Waals surface area contributed by atoms with Crippen LogP contribution in [0.2, 0.25) is 0 Å². The number of hydrogen-bond donors (Lipinski definition) is 1. The van der Waals surface area contributed by atoms with Crippen molar-refractivity contribution in [3.63, 3.8) is 0 Å². The fourth-order valence-electron chi connectivity index (χ4n) is 3.00. The molecule has 1 aromatic carbocycles. The average molecular weight is 271 g/mol. The lowest BCUT2D eigenvalue weighted by Crippen LogP contribution is -2.17. The van der Waals surface area contributed by atoms with Gasteiger partial charge in [0.15, 0.2) is 0 Å². The molecule has 0 amide bonds. The summed E-state index contributed by atoms with van der Waals surface area (Å²) in [6.45, 7) is 2.87. The van der Waals surface area contributed by atoms with E-state index < -0.39 is 5.97 Å². The Morgan fingerprint density at radius 1 is 1.40 bits per heavy atom. The minimum Gasteiger partial charge on any atom is -0.481 e. The van der Waals surface area contributed by atoms with Crippen molar-refractivity contribution in [2.24, 2.45) is 11.8 Å². The molecule has 1 aliphatic rings. The molecule has 0 radical (unpaired) electrons. The Balaban J connectivity index is 1.88. The van der Waals surface area contributed by atoms with Crippen LogP contribution in [0.1, 0.15) is 31.7 Å². The van der Waals surface area contributed by atoms with E-state index in [1.807, 2.05) is 6.07 Å². The van der Waals surface area contributed by atoms with Crippen molar-refractivity contribution in [2.75, 3.05) is 0 Å². The average Bonchev–Trinajstić information content (AvgIpc) is 2.78. The molecule has 106 valence electrons. The summed E-state index contributed by atoms with van der Waals surface area (Å²) >= 11 is 0. The lowest BCUT2D eigenvalue weighted by molar-refractivity contribution is -0.141. The first-order valence-corrected chi connectivity index (χ1v) is 7.44. The Morgan fingerprint density at radius 2 is 2.20 bits per heavy atom. The molecule has 3 rings (SSSR count). The minimum atomic E-state index is -0.726. The number of aromatic nitrogens is 1. The van der Waals surface area contributed by atoms with Crippen LogP contribution >= 0.6 is 0 Å². The van der Waals surface area contributed by atoms with Gasteiger partial charge in [-0.3, -0.25) is 4.79 Å². The van der Waals surface area contributed by atoms with Crippen LogP contribution in [0.25, 0.3) is 10.9 Å². The van der Waals surface area contributed by atoms with Crippen molar-refractivity contribution in [3.8, 4) is 0 Å². The third-order valence-corrected chi connectivity index (χ3v) is 4.53. The van der Waals surface area contributed by atoms with Gasteiger partial charge in [-0.15, -0.1) is 0 Å². The summed E-state index contributed by atoms with van der Waals surface area (Å²) in [6.07, 6.45) is 6.80. The first kappa shape index (κ1) is 13.2. The van der Waals surface area contributed by atoms with E-state index in [9.17, 15) is 4.79 Å². The van der Waals surface area contributed by atoms with Crippen molar-refractivity contribution in [3.05, 3.63) is 36.0 Å². The molecule has 0 saturated heterocycles. The molecule has 1 atom stereocenters. The zero-order valence-corrected chi connectivity index (χ0v) is 11.9. The molecule has 3 heteroatoms. The number of carboxylic acids is 1. The first-order chi connectivity index (χ1) is 9.65. The second-order valence-electron chi connectivity index (χ2n) is 6.06. The molecule has 0 aliphatic heterocycles. The van der Waals surface area contributed by atoms with Crippen LogP contribution in [0.4, 0.5) is 0 Å². The van der Waals surface area contributed by atoms with Crippen LogP contribution in [-0.2, 0) is 17.8 Å². The maximum Gasteiger partial charge on any atom is 0.306 e. The van der Waals surface area contributed by atoms with Gasteiger partial charge in [0, 0.05) is 23.6 Å². The normalized spacial score (nSPS) is 17.1. The van der Waals surface area contributed by atoms with Gasteiger partial charge in [-0.25, -0.2) is 0 Å². The van der Waals surface area contributed by atoms with Crippen molar-refractivity contribution in [1.29, 1.82) is 0 Å². The number of aliphatic carboxylic acids is 1. The second-order valence-corrected chi connectivity index (χ2v) is 6.06. The Labute approximate surface area is 119 Å². The topological polar surface area (TPSA) is 42.2 Å². The third-order valence-electron chi connectivity index (χ3n) is 4.53. The third kappa shape index (κ3) is 2.45. The number of carbonyl (C=O) groups is 1. The summed E-state index contributed by atoms with van der Waals surface area (Å²) in [5.74, 6) is -0.237. The van der Waals surface area contributed by atoms with Gasteiger partial charge in [-0.05, 0) is 42.9 Å². The lowest BCUT2D eigenvalue weighted by Gasteiger charge is -2.26. The molecule has 0 spiro atoms. The monoisotopic (exact) mass is 271 g/mol. The predicted octanol–water partition coefficient (Wildman–Crippen LogP) is 3.70. The SMILES string of the molecule is CC(Cc1cccc2c1ccn2CC1CCC1)C(=O)O. The Morgan fingerprint density at radius 3 is 2.85 bits per heavy atom. The van der Waals surface area contributed by atoms with E-state index in [2.05, 4.69) is 29.0 Å². The first-order valence-electron chi connectivity index (χ1n) is 7.44. The molecule has 1 N–H and O–H groups in total.